The fourth-order valence-corrected chi connectivity index (χ4v) is 4.37. The van der Waals surface area contributed by atoms with Crippen molar-refractivity contribution in [1.29, 1.82) is 0 Å². The Labute approximate surface area is 225 Å². The summed E-state index contributed by atoms with van der Waals surface area (Å²) in [6.07, 6.45) is 1.39. The zero-order chi connectivity index (χ0) is 27.8. The third kappa shape index (κ3) is 6.98. The summed E-state index contributed by atoms with van der Waals surface area (Å²) in [6.45, 7) is 3.09. The first-order valence-corrected chi connectivity index (χ1v) is 12.8. The number of piperidine rings is 1. The van der Waals surface area contributed by atoms with Crippen LogP contribution in [0.1, 0.15) is 37.4 Å². The summed E-state index contributed by atoms with van der Waals surface area (Å²) in [6, 6.07) is 11.3. The molecule has 2 aromatic carbocycles. The van der Waals surface area contributed by atoms with E-state index < -0.39 is 5.56 Å². The summed E-state index contributed by atoms with van der Waals surface area (Å²) in [5.74, 6) is 0.166. The Balaban J connectivity index is 1.35. The number of ether oxygens (including phenoxy) is 3. The number of methoxy groups -OCH3 is 1. The number of nitrogens with one attached hydrogen (secondary N) is 1. The van der Waals surface area contributed by atoms with Gasteiger partial charge in [-0.05, 0) is 44.0 Å². The van der Waals surface area contributed by atoms with Gasteiger partial charge in [0, 0.05) is 37.1 Å². The highest BCUT2D eigenvalue weighted by Gasteiger charge is 2.28. The van der Waals surface area contributed by atoms with Gasteiger partial charge in [-0.15, -0.1) is 10.2 Å². The number of benzene rings is 2. The van der Waals surface area contributed by atoms with E-state index in [1.165, 1.54) is 13.2 Å². The SMILES string of the molecule is CCOC(=O)C1CCN(C(=O)CCc2nnc(-c3ccc(OCc4ccccc4F)c(OC)c3)[nH]c2=O)CC1. The van der Waals surface area contributed by atoms with E-state index in [9.17, 15) is 18.8 Å². The van der Waals surface area contributed by atoms with Crippen molar-refractivity contribution in [2.45, 2.75) is 39.2 Å². The number of esters is 1. The molecule has 2 heterocycles. The van der Waals surface area contributed by atoms with E-state index in [0.29, 0.717) is 55.2 Å². The van der Waals surface area contributed by atoms with Gasteiger partial charge in [-0.3, -0.25) is 14.4 Å². The van der Waals surface area contributed by atoms with Crippen LogP contribution in [0.15, 0.2) is 47.3 Å². The lowest BCUT2D eigenvalue weighted by molar-refractivity contribution is -0.151. The van der Waals surface area contributed by atoms with E-state index in [4.69, 9.17) is 14.2 Å². The molecule has 1 aromatic heterocycles. The van der Waals surface area contributed by atoms with Crippen LogP contribution in [-0.4, -0.2) is 58.8 Å². The fourth-order valence-electron chi connectivity index (χ4n) is 4.37. The molecule has 1 amide bonds. The molecular weight excluding hydrogens is 507 g/mol. The lowest BCUT2D eigenvalue weighted by Gasteiger charge is -2.30. The van der Waals surface area contributed by atoms with Crippen molar-refractivity contribution >= 4 is 11.9 Å². The molecular formula is C28H31FN4O6. The summed E-state index contributed by atoms with van der Waals surface area (Å²) in [5, 5.41) is 8.18. The van der Waals surface area contributed by atoms with Gasteiger partial charge in [0.1, 0.15) is 18.1 Å². The maximum absolute atomic E-state index is 13.9. The largest absolute Gasteiger partial charge is 0.493 e. The molecule has 4 rings (SSSR count). The minimum atomic E-state index is -0.437. The number of aromatic amines is 1. The van der Waals surface area contributed by atoms with E-state index in [-0.39, 0.29) is 54.6 Å². The Morgan fingerprint density at radius 1 is 1.10 bits per heavy atom. The van der Waals surface area contributed by atoms with Crippen LogP contribution in [0, 0.1) is 11.7 Å². The zero-order valence-electron chi connectivity index (χ0n) is 21.9. The van der Waals surface area contributed by atoms with Crippen LogP contribution in [-0.2, 0) is 27.4 Å². The first kappa shape index (κ1) is 27.7. The minimum Gasteiger partial charge on any atom is -0.493 e. The van der Waals surface area contributed by atoms with Gasteiger partial charge in [0.25, 0.3) is 5.56 Å². The first-order chi connectivity index (χ1) is 18.9. The van der Waals surface area contributed by atoms with Crippen LogP contribution >= 0.6 is 0 Å². The van der Waals surface area contributed by atoms with Gasteiger partial charge in [-0.2, -0.15) is 0 Å². The lowest BCUT2D eigenvalue weighted by atomic mass is 9.96. The molecule has 11 heteroatoms. The van der Waals surface area contributed by atoms with Gasteiger partial charge >= 0.3 is 5.97 Å². The van der Waals surface area contributed by atoms with Gasteiger partial charge < -0.3 is 24.1 Å². The predicted octanol–water partition coefficient (Wildman–Crippen LogP) is 3.29. The normalized spacial score (nSPS) is 13.7. The molecule has 0 aliphatic carbocycles. The number of aryl methyl sites for hydroxylation is 1. The van der Waals surface area contributed by atoms with Crippen LogP contribution in [0.5, 0.6) is 11.5 Å². The molecule has 1 N–H and O–H groups in total. The van der Waals surface area contributed by atoms with Gasteiger partial charge in [0.05, 0.1) is 19.6 Å². The number of amides is 1. The quantitative estimate of drug-likeness (QED) is 0.390. The Bertz CT molecular complexity index is 1370. The second-order valence-electron chi connectivity index (χ2n) is 9.10. The highest BCUT2D eigenvalue weighted by atomic mass is 19.1. The summed E-state index contributed by atoms with van der Waals surface area (Å²) < 4.78 is 30.1. The number of hydrogen-bond acceptors (Lipinski definition) is 8. The van der Waals surface area contributed by atoms with Gasteiger partial charge in [-0.25, -0.2) is 4.39 Å². The second-order valence-corrected chi connectivity index (χ2v) is 9.10. The first-order valence-electron chi connectivity index (χ1n) is 12.8. The average Bonchev–Trinajstić information content (AvgIpc) is 2.96. The number of rotatable bonds is 10. The highest BCUT2D eigenvalue weighted by Crippen LogP contribution is 2.32. The Morgan fingerprint density at radius 3 is 2.56 bits per heavy atom. The maximum atomic E-state index is 13.9. The molecule has 39 heavy (non-hydrogen) atoms. The molecule has 1 fully saturated rings. The van der Waals surface area contributed by atoms with Crippen molar-refractivity contribution in [2.24, 2.45) is 5.92 Å². The number of halogens is 1. The van der Waals surface area contributed by atoms with Gasteiger partial charge in [0.2, 0.25) is 5.91 Å². The number of nitrogens with zero attached hydrogens (tertiary/aromatic N) is 3. The van der Waals surface area contributed by atoms with Gasteiger partial charge in [0.15, 0.2) is 17.3 Å². The fraction of sp³-hybridized carbons (Fsp3) is 0.393. The molecule has 206 valence electrons. The lowest BCUT2D eigenvalue weighted by Crippen LogP contribution is -2.40. The third-order valence-corrected chi connectivity index (χ3v) is 6.59. The van der Waals surface area contributed by atoms with E-state index in [0.717, 1.165) is 0 Å². The Morgan fingerprint density at radius 2 is 1.87 bits per heavy atom. The monoisotopic (exact) mass is 538 g/mol. The standard InChI is InChI=1S/C28H31FN4O6/c1-3-38-28(36)18-12-14-33(15-13-18)25(34)11-9-22-27(35)30-26(32-31-22)19-8-10-23(24(16-19)37-2)39-17-20-6-4-5-7-21(20)29/h4-8,10,16,18H,3,9,11-15,17H2,1-2H3,(H,30,32,35). The van der Waals surface area contributed by atoms with Crippen molar-refractivity contribution in [3.8, 4) is 22.9 Å². The molecule has 1 aliphatic rings. The average molecular weight is 539 g/mol. The minimum absolute atomic E-state index is 0.0237. The van der Waals surface area contributed by atoms with E-state index >= 15 is 0 Å². The van der Waals surface area contributed by atoms with E-state index in [1.54, 1.807) is 48.2 Å². The summed E-state index contributed by atoms with van der Waals surface area (Å²) >= 11 is 0. The van der Waals surface area contributed by atoms with Crippen molar-refractivity contribution in [3.05, 3.63) is 69.9 Å². The Kier molecular flexibility index (Phi) is 9.24. The van der Waals surface area contributed by atoms with Crippen LogP contribution in [0.2, 0.25) is 0 Å². The predicted molar refractivity (Wildman–Crippen MR) is 140 cm³/mol. The number of likely N-dealkylation sites (tertiary alicyclic amines) is 1. The highest BCUT2D eigenvalue weighted by molar-refractivity contribution is 5.77. The molecule has 0 atom stereocenters. The number of hydrogen-bond donors (Lipinski definition) is 1. The van der Waals surface area contributed by atoms with E-state index in [1.807, 2.05) is 0 Å². The molecule has 10 nitrogen and oxygen atoms in total. The number of aromatic nitrogens is 3. The molecule has 3 aromatic rings. The molecule has 0 radical (unpaired) electrons. The maximum Gasteiger partial charge on any atom is 0.309 e. The van der Waals surface area contributed by atoms with Crippen molar-refractivity contribution in [1.82, 2.24) is 20.1 Å². The van der Waals surface area contributed by atoms with Crippen LogP contribution in [0.3, 0.4) is 0 Å². The smallest absolute Gasteiger partial charge is 0.309 e. The van der Waals surface area contributed by atoms with Crippen molar-refractivity contribution in [3.63, 3.8) is 0 Å². The molecule has 1 aliphatic heterocycles. The topological polar surface area (TPSA) is 124 Å². The van der Waals surface area contributed by atoms with Crippen molar-refractivity contribution < 1.29 is 28.2 Å². The Hall–Kier alpha value is -4.28. The van der Waals surface area contributed by atoms with Crippen LogP contribution in [0.25, 0.3) is 11.4 Å². The molecule has 0 unspecified atom stereocenters. The van der Waals surface area contributed by atoms with Crippen LogP contribution < -0.4 is 15.0 Å². The summed E-state index contributed by atoms with van der Waals surface area (Å²) in [4.78, 5) is 41.6. The summed E-state index contributed by atoms with van der Waals surface area (Å²) in [5.41, 5.74) is 0.675. The molecule has 0 spiro atoms. The number of carbonyl (C=O) groups is 2. The van der Waals surface area contributed by atoms with Crippen molar-refractivity contribution in [2.75, 3.05) is 26.8 Å². The number of H-pyrrole nitrogens is 1. The second kappa shape index (κ2) is 13.0. The van der Waals surface area contributed by atoms with E-state index in [2.05, 4.69) is 15.2 Å². The molecule has 0 bridgehead atoms. The zero-order valence-corrected chi connectivity index (χ0v) is 21.9. The molecule has 0 saturated carbocycles. The molecule has 1 saturated heterocycles. The third-order valence-electron chi connectivity index (χ3n) is 6.59. The van der Waals surface area contributed by atoms with Crippen LogP contribution in [0.4, 0.5) is 4.39 Å². The summed E-state index contributed by atoms with van der Waals surface area (Å²) in [7, 11) is 1.48. The number of carbonyl (C=O) groups excluding carboxylic acids is 2. The van der Waals surface area contributed by atoms with Gasteiger partial charge in [-0.1, -0.05) is 18.2 Å².